The van der Waals surface area contributed by atoms with Crippen LogP contribution in [-0.2, 0) is 0 Å². The van der Waals surface area contributed by atoms with Crippen molar-refractivity contribution < 1.29 is 18.8 Å². The SMILES string of the molecule is COc1ccc(C(Br)c2ccc([N+](=O)[O-])o2)c(OC)c1. The van der Waals surface area contributed by atoms with Crippen molar-refractivity contribution in [1.29, 1.82) is 0 Å². The molecule has 0 saturated carbocycles. The molecule has 0 aliphatic carbocycles. The normalized spacial score (nSPS) is 11.9. The van der Waals surface area contributed by atoms with Gasteiger partial charge >= 0.3 is 5.88 Å². The number of ether oxygens (including phenoxy) is 2. The van der Waals surface area contributed by atoms with Gasteiger partial charge in [-0.2, -0.15) is 0 Å². The van der Waals surface area contributed by atoms with E-state index in [-0.39, 0.29) is 10.7 Å². The highest BCUT2D eigenvalue weighted by Gasteiger charge is 2.22. The molecule has 2 rings (SSSR count). The van der Waals surface area contributed by atoms with Gasteiger partial charge in [-0.25, -0.2) is 0 Å². The zero-order valence-electron chi connectivity index (χ0n) is 10.8. The lowest BCUT2D eigenvalue weighted by Crippen LogP contribution is -1.97. The number of nitro groups is 1. The molecule has 0 amide bonds. The maximum atomic E-state index is 10.6. The Balaban J connectivity index is 2.36. The molecule has 0 N–H and O–H groups in total. The molecule has 106 valence electrons. The molecule has 1 aromatic heterocycles. The van der Waals surface area contributed by atoms with Gasteiger partial charge in [-0.3, -0.25) is 10.1 Å². The maximum absolute atomic E-state index is 10.6. The van der Waals surface area contributed by atoms with Gasteiger partial charge in [-0.15, -0.1) is 0 Å². The van der Waals surface area contributed by atoms with Crippen molar-refractivity contribution in [3.63, 3.8) is 0 Å². The number of methoxy groups -OCH3 is 2. The summed E-state index contributed by atoms with van der Waals surface area (Å²) in [5, 5.41) is 10.6. The van der Waals surface area contributed by atoms with E-state index in [1.54, 1.807) is 32.4 Å². The first kappa shape index (κ1) is 14.4. The largest absolute Gasteiger partial charge is 0.497 e. The molecule has 7 heteroatoms. The summed E-state index contributed by atoms with van der Waals surface area (Å²) in [6, 6.07) is 8.21. The molecular weight excluding hydrogens is 330 g/mol. The Morgan fingerprint density at radius 3 is 2.55 bits per heavy atom. The van der Waals surface area contributed by atoms with Crippen molar-refractivity contribution in [1.82, 2.24) is 0 Å². The van der Waals surface area contributed by atoms with Gasteiger partial charge < -0.3 is 13.9 Å². The summed E-state index contributed by atoms with van der Waals surface area (Å²) in [5.74, 6) is 1.40. The number of alkyl halides is 1. The Morgan fingerprint density at radius 2 is 2.00 bits per heavy atom. The monoisotopic (exact) mass is 341 g/mol. The van der Waals surface area contributed by atoms with Crippen molar-refractivity contribution in [3.05, 3.63) is 51.8 Å². The summed E-state index contributed by atoms with van der Waals surface area (Å²) in [6.07, 6.45) is 0. The zero-order chi connectivity index (χ0) is 14.7. The average Bonchev–Trinajstić information content (AvgIpc) is 2.95. The third kappa shape index (κ3) is 2.77. The molecule has 0 bridgehead atoms. The molecule has 20 heavy (non-hydrogen) atoms. The minimum atomic E-state index is -0.575. The number of nitrogens with zero attached hydrogens (tertiary/aromatic N) is 1. The van der Waals surface area contributed by atoms with E-state index in [1.807, 2.05) is 6.07 Å². The third-order valence-corrected chi connectivity index (χ3v) is 3.70. The van der Waals surface area contributed by atoms with E-state index >= 15 is 0 Å². The zero-order valence-corrected chi connectivity index (χ0v) is 12.4. The Kier molecular flexibility index (Phi) is 4.29. The number of hydrogen-bond donors (Lipinski definition) is 0. The van der Waals surface area contributed by atoms with Crippen LogP contribution in [0.4, 0.5) is 5.88 Å². The highest BCUT2D eigenvalue weighted by atomic mass is 79.9. The Labute approximate surface area is 123 Å². The van der Waals surface area contributed by atoms with Crippen LogP contribution in [0.2, 0.25) is 0 Å². The molecular formula is C13H12BrNO5. The molecule has 0 saturated heterocycles. The van der Waals surface area contributed by atoms with E-state index in [4.69, 9.17) is 13.9 Å². The molecule has 0 spiro atoms. The summed E-state index contributed by atoms with van der Waals surface area (Å²) in [4.78, 5) is 9.71. The predicted octanol–water partition coefficient (Wildman–Crippen LogP) is 3.69. The molecule has 0 aliphatic rings. The van der Waals surface area contributed by atoms with E-state index in [9.17, 15) is 10.1 Å². The first-order chi connectivity index (χ1) is 9.56. The number of benzene rings is 1. The molecule has 1 unspecified atom stereocenters. The topological polar surface area (TPSA) is 74.7 Å². The van der Waals surface area contributed by atoms with Crippen LogP contribution in [0.25, 0.3) is 0 Å². The van der Waals surface area contributed by atoms with Crippen molar-refractivity contribution in [2.45, 2.75) is 4.83 Å². The molecule has 0 aliphatic heterocycles. The van der Waals surface area contributed by atoms with Crippen LogP contribution in [0.1, 0.15) is 16.2 Å². The molecule has 2 aromatic rings. The summed E-state index contributed by atoms with van der Waals surface area (Å²) in [5.41, 5.74) is 0.789. The fourth-order valence-corrected chi connectivity index (χ4v) is 2.38. The van der Waals surface area contributed by atoms with Crippen LogP contribution in [0, 0.1) is 10.1 Å². The van der Waals surface area contributed by atoms with Crippen LogP contribution in [0.5, 0.6) is 11.5 Å². The minimum absolute atomic E-state index is 0.295. The predicted molar refractivity (Wildman–Crippen MR) is 75.7 cm³/mol. The van der Waals surface area contributed by atoms with Crippen molar-refractivity contribution in [2.24, 2.45) is 0 Å². The second-order valence-corrected chi connectivity index (χ2v) is 4.82. The summed E-state index contributed by atoms with van der Waals surface area (Å²) in [6.45, 7) is 0. The lowest BCUT2D eigenvalue weighted by Gasteiger charge is -2.13. The van der Waals surface area contributed by atoms with Crippen molar-refractivity contribution in [2.75, 3.05) is 14.2 Å². The molecule has 0 radical (unpaired) electrons. The summed E-state index contributed by atoms with van der Waals surface area (Å²) in [7, 11) is 3.11. The third-order valence-electron chi connectivity index (χ3n) is 2.76. The van der Waals surface area contributed by atoms with Gasteiger partial charge in [0.05, 0.1) is 20.3 Å². The standard InChI is InChI=1S/C13H12BrNO5/c1-18-8-3-4-9(11(7-8)19-2)13(14)10-5-6-12(20-10)15(16)17/h3-7,13H,1-2H3. The number of rotatable bonds is 5. The fourth-order valence-electron chi connectivity index (χ4n) is 1.76. The van der Waals surface area contributed by atoms with E-state index in [1.165, 1.54) is 6.07 Å². The second kappa shape index (κ2) is 5.96. The molecule has 1 aromatic carbocycles. The lowest BCUT2D eigenvalue weighted by molar-refractivity contribution is -0.402. The summed E-state index contributed by atoms with van der Waals surface area (Å²) < 4.78 is 15.6. The quantitative estimate of drug-likeness (QED) is 0.471. The second-order valence-electron chi connectivity index (χ2n) is 3.90. The highest BCUT2D eigenvalue weighted by molar-refractivity contribution is 9.09. The molecule has 1 atom stereocenters. The maximum Gasteiger partial charge on any atom is 0.433 e. The van der Waals surface area contributed by atoms with Gasteiger partial charge in [0.15, 0.2) is 0 Å². The van der Waals surface area contributed by atoms with E-state index in [2.05, 4.69) is 15.9 Å². The number of hydrogen-bond acceptors (Lipinski definition) is 5. The van der Waals surface area contributed by atoms with Gasteiger partial charge in [0.1, 0.15) is 27.0 Å². The van der Waals surface area contributed by atoms with E-state index < -0.39 is 4.92 Å². The minimum Gasteiger partial charge on any atom is -0.497 e. The molecule has 1 heterocycles. The number of halogens is 1. The molecule has 6 nitrogen and oxygen atoms in total. The van der Waals surface area contributed by atoms with E-state index in [0.717, 1.165) is 5.56 Å². The first-order valence-corrected chi connectivity index (χ1v) is 6.58. The van der Waals surface area contributed by atoms with Gasteiger partial charge in [0, 0.05) is 11.6 Å². The highest BCUT2D eigenvalue weighted by Crippen LogP contribution is 2.39. The van der Waals surface area contributed by atoms with E-state index in [0.29, 0.717) is 17.3 Å². The van der Waals surface area contributed by atoms with Gasteiger partial charge in [-0.1, -0.05) is 22.0 Å². The van der Waals surface area contributed by atoms with Crippen LogP contribution < -0.4 is 9.47 Å². The molecule has 0 fully saturated rings. The van der Waals surface area contributed by atoms with Crippen LogP contribution in [-0.4, -0.2) is 19.1 Å². The van der Waals surface area contributed by atoms with Gasteiger partial charge in [-0.05, 0) is 12.1 Å². The van der Waals surface area contributed by atoms with Crippen LogP contribution in [0.15, 0.2) is 34.7 Å². The Hall–Kier alpha value is -2.02. The Bertz CT molecular complexity index is 625. The van der Waals surface area contributed by atoms with Crippen LogP contribution in [0.3, 0.4) is 0 Å². The van der Waals surface area contributed by atoms with Gasteiger partial charge in [0.25, 0.3) is 0 Å². The average molecular weight is 342 g/mol. The van der Waals surface area contributed by atoms with Crippen molar-refractivity contribution >= 4 is 21.8 Å². The Morgan fingerprint density at radius 1 is 1.25 bits per heavy atom. The van der Waals surface area contributed by atoms with Crippen LogP contribution >= 0.6 is 15.9 Å². The smallest absolute Gasteiger partial charge is 0.433 e. The fraction of sp³-hybridized carbons (Fsp3) is 0.231. The van der Waals surface area contributed by atoms with Crippen molar-refractivity contribution in [3.8, 4) is 11.5 Å². The number of furan rings is 1. The lowest BCUT2D eigenvalue weighted by atomic mass is 10.1. The summed E-state index contributed by atoms with van der Waals surface area (Å²) >= 11 is 3.46. The van der Waals surface area contributed by atoms with Gasteiger partial charge in [0.2, 0.25) is 0 Å². The first-order valence-electron chi connectivity index (χ1n) is 5.67.